The van der Waals surface area contributed by atoms with Gasteiger partial charge < -0.3 is 10.4 Å². The monoisotopic (exact) mass is 223 g/mol. The number of carboxylic acids is 1. The number of carbonyl (C=O) groups is 2. The van der Waals surface area contributed by atoms with E-state index in [0.29, 0.717) is 16.8 Å². The fourth-order valence-electron chi connectivity index (χ4n) is 1.82. The van der Waals surface area contributed by atoms with E-state index in [1.54, 1.807) is 0 Å². The number of hydrogen-bond donors (Lipinski definition) is 2. The van der Waals surface area contributed by atoms with Crippen molar-refractivity contribution in [3.8, 4) is 0 Å². The first-order valence-electron chi connectivity index (χ1n) is 4.89. The molecule has 0 atom stereocenters. The third-order valence-electron chi connectivity index (χ3n) is 2.49. The lowest BCUT2D eigenvalue weighted by Gasteiger charge is -2.07. The second-order valence-electron chi connectivity index (χ2n) is 3.72. The number of anilines is 1. The maximum absolute atomic E-state index is 13.2. The molecule has 5 heteroatoms. The summed E-state index contributed by atoms with van der Waals surface area (Å²) in [5, 5.41) is 11.2. The first-order valence-corrected chi connectivity index (χ1v) is 4.89. The van der Waals surface area contributed by atoms with E-state index in [0.717, 1.165) is 0 Å². The van der Waals surface area contributed by atoms with Crippen LogP contribution in [0, 0.1) is 5.82 Å². The van der Waals surface area contributed by atoms with E-state index in [9.17, 15) is 14.0 Å². The Labute approximate surface area is 91.1 Å². The van der Waals surface area contributed by atoms with Crippen LogP contribution in [0.4, 0.5) is 10.1 Å². The van der Waals surface area contributed by atoms with Crippen molar-refractivity contribution < 1.29 is 19.1 Å². The average molecular weight is 223 g/mol. The third-order valence-corrected chi connectivity index (χ3v) is 2.49. The highest BCUT2D eigenvalue weighted by Gasteiger charge is 2.21. The van der Waals surface area contributed by atoms with Crippen molar-refractivity contribution in [3.05, 3.63) is 29.1 Å². The van der Waals surface area contributed by atoms with Crippen molar-refractivity contribution in [1.29, 1.82) is 0 Å². The molecule has 0 unspecified atom stereocenters. The summed E-state index contributed by atoms with van der Waals surface area (Å²) < 4.78 is 13.2. The number of halogens is 1. The highest BCUT2D eigenvalue weighted by Crippen LogP contribution is 2.29. The van der Waals surface area contributed by atoms with E-state index in [-0.39, 0.29) is 25.2 Å². The zero-order valence-electron chi connectivity index (χ0n) is 8.42. The molecule has 16 heavy (non-hydrogen) atoms. The average Bonchev–Trinajstić information content (AvgIpc) is 2.54. The molecular weight excluding hydrogens is 213 g/mol. The van der Waals surface area contributed by atoms with Gasteiger partial charge in [0.25, 0.3) is 0 Å². The molecular formula is C11H10FNO3. The van der Waals surface area contributed by atoms with E-state index in [1.807, 2.05) is 0 Å². The third kappa shape index (κ3) is 2.03. The van der Waals surface area contributed by atoms with Gasteiger partial charge >= 0.3 is 5.97 Å². The van der Waals surface area contributed by atoms with Gasteiger partial charge in [-0.05, 0) is 29.7 Å². The number of hydrogen-bond acceptors (Lipinski definition) is 2. The van der Waals surface area contributed by atoms with Gasteiger partial charge in [0.1, 0.15) is 5.82 Å². The van der Waals surface area contributed by atoms with Gasteiger partial charge in [-0.25, -0.2) is 4.39 Å². The number of aliphatic carboxylic acids is 1. The molecule has 0 saturated heterocycles. The summed E-state index contributed by atoms with van der Waals surface area (Å²) in [5.74, 6) is -1.56. The summed E-state index contributed by atoms with van der Waals surface area (Å²) in [4.78, 5) is 21.6. The lowest BCUT2D eigenvalue weighted by Crippen LogP contribution is -2.06. The Kier molecular flexibility index (Phi) is 2.60. The molecule has 0 saturated carbocycles. The second kappa shape index (κ2) is 3.92. The Balaban J connectivity index is 2.31. The smallest absolute Gasteiger partial charge is 0.303 e. The van der Waals surface area contributed by atoms with Crippen LogP contribution < -0.4 is 5.32 Å². The molecule has 1 heterocycles. The summed E-state index contributed by atoms with van der Waals surface area (Å²) in [5.41, 5.74) is 1.72. The molecule has 1 amide bonds. The maximum atomic E-state index is 13.2. The number of rotatable bonds is 3. The van der Waals surface area contributed by atoms with E-state index in [2.05, 4.69) is 5.32 Å². The molecule has 0 spiro atoms. The summed E-state index contributed by atoms with van der Waals surface area (Å²) in [7, 11) is 0. The predicted molar refractivity (Wildman–Crippen MR) is 54.7 cm³/mol. The van der Waals surface area contributed by atoms with E-state index in [1.165, 1.54) is 12.1 Å². The standard InChI is InChI=1S/C11H10FNO3/c12-8-3-6(1-2-10(15)16)11-7(4-8)5-9(14)13-11/h3-4H,1-2,5H2,(H,13,14)(H,15,16). The van der Waals surface area contributed by atoms with E-state index < -0.39 is 11.8 Å². The Morgan fingerprint density at radius 1 is 1.50 bits per heavy atom. The zero-order valence-corrected chi connectivity index (χ0v) is 8.42. The summed E-state index contributed by atoms with van der Waals surface area (Å²) >= 11 is 0. The summed E-state index contributed by atoms with van der Waals surface area (Å²) in [6.07, 6.45) is 0.300. The van der Waals surface area contributed by atoms with Crippen LogP contribution in [0.15, 0.2) is 12.1 Å². The van der Waals surface area contributed by atoms with E-state index in [4.69, 9.17) is 5.11 Å². The van der Waals surface area contributed by atoms with Crippen molar-refractivity contribution in [2.75, 3.05) is 5.32 Å². The Morgan fingerprint density at radius 2 is 2.25 bits per heavy atom. The van der Waals surface area contributed by atoms with Crippen molar-refractivity contribution >= 4 is 17.6 Å². The fraction of sp³-hybridized carbons (Fsp3) is 0.273. The topological polar surface area (TPSA) is 66.4 Å². The lowest BCUT2D eigenvalue weighted by atomic mass is 10.0. The molecule has 1 aliphatic rings. The molecule has 2 N–H and O–H groups in total. The number of carbonyl (C=O) groups excluding carboxylic acids is 1. The second-order valence-corrected chi connectivity index (χ2v) is 3.72. The molecule has 1 aliphatic heterocycles. The lowest BCUT2D eigenvalue weighted by molar-refractivity contribution is -0.137. The van der Waals surface area contributed by atoms with Gasteiger partial charge in [-0.3, -0.25) is 9.59 Å². The Hall–Kier alpha value is -1.91. The van der Waals surface area contributed by atoms with Crippen LogP contribution >= 0.6 is 0 Å². The van der Waals surface area contributed by atoms with Gasteiger partial charge in [-0.1, -0.05) is 0 Å². The number of amides is 1. The first kappa shape index (κ1) is 10.6. The molecule has 2 rings (SSSR count). The van der Waals surface area contributed by atoms with Gasteiger partial charge in [0, 0.05) is 12.1 Å². The molecule has 1 aromatic rings. The highest BCUT2D eigenvalue weighted by molar-refractivity contribution is 6.00. The Morgan fingerprint density at radius 3 is 2.94 bits per heavy atom. The Bertz CT molecular complexity index is 471. The maximum Gasteiger partial charge on any atom is 0.303 e. The van der Waals surface area contributed by atoms with Gasteiger partial charge in [-0.15, -0.1) is 0 Å². The van der Waals surface area contributed by atoms with Crippen molar-refractivity contribution in [2.45, 2.75) is 19.3 Å². The van der Waals surface area contributed by atoms with Gasteiger partial charge in [-0.2, -0.15) is 0 Å². The molecule has 0 aliphatic carbocycles. The fourth-order valence-corrected chi connectivity index (χ4v) is 1.82. The zero-order chi connectivity index (χ0) is 11.7. The molecule has 0 bridgehead atoms. The van der Waals surface area contributed by atoms with Crippen LogP contribution in [0.25, 0.3) is 0 Å². The van der Waals surface area contributed by atoms with Crippen LogP contribution in [0.3, 0.4) is 0 Å². The number of nitrogens with one attached hydrogen (secondary N) is 1. The van der Waals surface area contributed by atoms with Crippen molar-refractivity contribution in [3.63, 3.8) is 0 Å². The summed E-state index contributed by atoms with van der Waals surface area (Å²) in [6, 6.07) is 2.57. The molecule has 1 aromatic carbocycles. The molecule has 0 fully saturated rings. The SMILES string of the molecule is O=C(O)CCc1cc(F)cc2c1NC(=O)C2. The van der Waals surface area contributed by atoms with Gasteiger partial charge in [0.05, 0.1) is 6.42 Å². The van der Waals surface area contributed by atoms with Crippen LogP contribution in [0.5, 0.6) is 0 Å². The minimum Gasteiger partial charge on any atom is -0.481 e. The minimum absolute atomic E-state index is 0.0776. The molecule has 0 radical (unpaired) electrons. The molecule has 84 valence electrons. The number of aryl methyl sites for hydroxylation is 1. The number of carboxylic acid groups (broad SMARTS) is 1. The molecule has 0 aromatic heterocycles. The minimum atomic E-state index is -0.942. The first-order chi connectivity index (χ1) is 7.56. The van der Waals surface area contributed by atoms with Crippen molar-refractivity contribution in [2.24, 2.45) is 0 Å². The largest absolute Gasteiger partial charge is 0.481 e. The highest BCUT2D eigenvalue weighted by atomic mass is 19.1. The normalized spacial score (nSPS) is 13.4. The number of benzene rings is 1. The van der Waals surface area contributed by atoms with Crippen LogP contribution in [-0.2, 0) is 22.4 Å². The van der Waals surface area contributed by atoms with Gasteiger partial charge in [0.2, 0.25) is 5.91 Å². The van der Waals surface area contributed by atoms with Crippen LogP contribution in [-0.4, -0.2) is 17.0 Å². The predicted octanol–water partition coefficient (Wildman–Crippen LogP) is 1.34. The van der Waals surface area contributed by atoms with Crippen molar-refractivity contribution in [1.82, 2.24) is 0 Å². The van der Waals surface area contributed by atoms with Gasteiger partial charge in [0.15, 0.2) is 0 Å². The quantitative estimate of drug-likeness (QED) is 0.812. The number of fused-ring (bicyclic) bond motifs is 1. The molecule has 4 nitrogen and oxygen atoms in total. The van der Waals surface area contributed by atoms with Crippen LogP contribution in [0.2, 0.25) is 0 Å². The van der Waals surface area contributed by atoms with Crippen LogP contribution in [0.1, 0.15) is 17.5 Å². The summed E-state index contributed by atoms with van der Waals surface area (Å²) in [6.45, 7) is 0. The van der Waals surface area contributed by atoms with E-state index >= 15 is 0 Å².